The Morgan fingerprint density at radius 1 is 1.35 bits per heavy atom. The second-order valence-electron chi connectivity index (χ2n) is 6.71. The number of hydrogen-bond acceptors (Lipinski definition) is 5. The van der Waals surface area contributed by atoms with E-state index in [0.717, 1.165) is 37.0 Å². The highest BCUT2D eigenvalue weighted by atomic mass is 16.5. The lowest BCUT2D eigenvalue weighted by molar-refractivity contribution is 0.160. The Bertz CT molecular complexity index is 731. The predicted octanol–water partition coefficient (Wildman–Crippen LogP) is 3.03. The average Bonchev–Trinajstić information content (AvgIpc) is 2.53. The zero-order valence-electron chi connectivity index (χ0n) is 14.0. The number of ether oxygens (including phenoxy) is 1. The van der Waals surface area contributed by atoms with Crippen LogP contribution in [0, 0.1) is 5.92 Å². The van der Waals surface area contributed by atoms with Gasteiger partial charge in [0.25, 0.3) is 0 Å². The largest absolute Gasteiger partial charge is 0.489 e. The molecule has 0 spiro atoms. The topological polar surface area (TPSA) is 55.6 Å². The summed E-state index contributed by atoms with van der Waals surface area (Å²) in [6, 6.07) is 5.73. The van der Waals surface area contributed by atoms with Crippen LogP contribution < -0.4 is 10.5 Å². The molecule has 0 amide bonds. The molecule has 1 fully saturated rings. The van der Waals surface area contributed by atoms with Crippen LogP contribution in [0.15, 0.2) is 27.4 Å². The summed E-state index contributed by atoms with van der Waals surface area (Å²) >= 11 is 0. The number of fused-ring (bicyclic) bond motifs is 1. The van der Waals surface area contributed by atoms with Gasteiger partial charge in [0, 0.05) is 5.39 Å². The fraction of sp³-hybridized carbons (Fsp3) is 0.556. The van der Waals surface area contributed by atoms with E-state index in [-0.39, 0.29) is 5.92 Å². The molecule has 5 nitrogen and oxygen atoms in total. The van der Waals surface area contributed by atoms with Gasteiger partial charge in [-0.15, -0.1) is 0 Å². The predicted molar refractivity (Wildman–Crippen MR) is 90.1 cm³/mol. The lowest BCUT2D eigenvalue weighted by atomic mass is 9.98. The summed E-state index contributed by atoms with van der Waals surface area (Å²) < 4.78 is 11.3. The zero-order chi connectivity index (χ0) is 16.4. The van der Waals surface area contributed by atoms with Gasteiger partial charge in [-0.1, -0.05) is 19.9 Å². The van der Waals surface area contributed by atoms with Crippen LogP contribution in [0.1, 0.15) is 38.3 Å². The van der Waals surface area contributed by atoms with Crippen molar-refractivity contribution < 1.29 is 9.15 Å². The first-order chi connectivity index (χ1) is 11.0. The van der Waals surface area contributed by atoms with Gasteiger partial charge in [0.05, 0.1) is 12.3 Å². The van der Waals surface area contributed by atoms with Gasteiger partial charge in [0.2, 0.25) is 0 Å². The normalized spacial score (nSPS) is 17.0. The number of likely N-dealkylation sites (tertiary alicyclic amines) is 1. The maximum Gasteiger partial charge on any atom is 0.439 e. The van der Waals surface area contributed by atoms with Crippen molar-refractivity contribution in [3.8, 4) is 5.75 Å². The highest BCUT2D eigenvalue weighted by molar-refractivity contribution is 5.84. The maximum atomic E-state index is 11.8. The summed E-state index contributed by atoms with van der Waals surface area (Å²) in [5, 5.41) is 0.862. The number of piperidine rings is 1. The van der Waals surface area contributed by atoms with Crippen LogP contribution in [0.5, 0.6) is 5.75 Å². The highest BCUT2D eigenvalue weighted by Crippen LogP contribution is 2.29. The molecular formula is C18H24N2O3. The third-order valence-electron chi connectivity index (χ3n) is 4.52. The highest BCUT2D eigenvalue weighted by Gasteiger charge is 2.19. The summed E-state index contributed by atoms with van der Waals surface area (Å²) in [6.45, 7) is 6.93. The number of aromatic nitrogens is 1. The molecule has 1 aliphatic heterocycles. The summed E-state index contributed by atoms with van der Waals surface area (Å²) in [5.41, 5.74) is 1.28. The minimum Gasteiger partial charge on any atom is -0.489 e. The second kappa shape index (κ2) is 6.71. The quantitative estimate of drug-likeness (QED) is 0.868. The van der Waals surface area contributed by atoms with Crippen molar-refractivity contribution in [3.05, 3.63) is 34.4 Å². The van der Waals surface area contributed by atoms with Gasteiger partial charge in [-0.25, -0.2) is 4.79 Å². The molecule has 0 aliphatic carbocycles. The molecule has 1 aliphatic rings. The standard InChI is InChI=1S/C18H24N2O3/c1-12(2)16-14-5-4-6-15(17(14)23-18(21)19-16)22-11-13-7-9-20(3)10-8-13/h4-6,12-13H,7-11H2,1-3H3. The fourth-order valence-corrected chi connectivity index (χ4v) is 3.08. The van der Waals surface area contributed by atoms with E-state index in [2.05, 4.69) is 16.9 Å². The van der Waals surface area contributed by atoms with Gasteiger partial charge in [-0.05, 0) is 56.9 Å². The van der Waals surface area contributed by atoms with Gasteiger partial charge >= 0.3 is 5.76 Å². The van der Waals surface area contributed by atoms with Gasteiger partial charge in [0.15, 0.2) is 11.3 Å². The third kappa shape index (κ3) is 3.55. The van der Waals surface area contributed by atoms with Gasteiger partial charge in [0.1, 0.15) is 0 Å². The van der Waals surface area contributed by atoms with Crippen molar-refractivity contribution in [2.45, 2.75) is 32.6 Å². The monoisotopic (exact) mass is 316 g/mol. The Morgan fingerprint density at radius 3 is 2.78 bits per heavy atom. The summed E-state index contributed by atoms with van der Waals surface area (Å²) in [7, 11) is 2.15. The second-order valence-corrected chi connectivity index (χ2v) is 6.71. The molecule has 2 heterocycles. The lowest BCUT2D eigenvalue weighted by Gasteiger charge is -2.28. The smallest absolute Gasteiger partial charge is 0.439 e. The third-order valence-corrected chi connectivity index (χ3v) is 4.52. The van der Waals surface area contributed by atoms with Crippen molar-refractivity contribution >= 4 is 11.0 Å². The maximum absolute atomic E-state index is 11.8. The Kier molecular flexibility index (Phi) is 4.66. The van der Waals surface area contributed by atoms with Crippen LogP contribution in [0.25, 0.3) is 11.0 Å². The molecule has 1 aromatic heterocycles. The van der Waals surface area contributed by atoms with Crippen molar-refractivity contribution in [1.82, 2.24) is 9.88 Å². The molecule has 0 radical (unpaired) electrons. The van der Waals surface area contributed by atoms with E-state index in [0.29, 0.717) is 23.9 Å². The molecule has 0 N–H and O–H groups in total. The molecule has 23 heavy (non-hydrogen) atoms. The van der Waals surface area contributed by atoms with Gasteiger partial charge in [-0.3, -0.25) is 0 Å². The van der Waals surface area contributed by atoms with Crippen LogP contribution in [0.3, 0.4) is 0 Å². The Hall–Kier alpha value is -1.88. The minimum atomic E-state index is -0.559. The summed E-state index contributed by atoms with van der Waals surface area (Å²) in [6.07, 6.45) is 2.29. The van der Waals surface area contributed by atoms with E-state index in [9.17, 15) is 4.79 Å². The lowest BCUT2D eigenvalue weighted by Crippen LogP contribution is -2.32. The van der Waals surface area contributed by atoms with Crippen molar-refractivity contribution in [2.75, 3.05) is 26.7 Å². The molecule has 2 aromatic rings. The molecule has 1 aromatic carbocycles. The average molecular weight is 316 g/mol. The summed E-state index contributed by atoms with van der Waals surface area (Å²) in [5.74, 6) is 0.796. The van der Waals surface area contributed by atoms with Crippen LogP contribution in [0.4, 0.5) is 0 Å². The fourth-order valence-electron chi connectivity index (χ4n) is 3.08. The summed E-state index contributed by atoms with van der Waals surface area (Å²) in [4.78, 5) is 18.1. The minimum absolute atomic E-state index is 0.158. The molecule has 0 unspecified atom stereocenters. The van der Waals surface area contributed by atoms with E-state index in [1.54, 1.807) is 0 Å². The molecule has 0 saturated carbocycles. The molecule has 0 bridgehead atoms. The Labute approximate surface area is 136 Å². The zero-order valence-corrected chi connectivity index (χ0v) is 14.0. The van der Waals surface area contributed by atoms with Gasteiger partial charge < -0.3 is 14.1 Å². The molecule has 124 valence electrons. The molecule has 1 saturated heterocycles. The number of para-hydroxylation sites is 1. The van der Waals surface area contributed by atoms with E-state index in [1.807, 2.05) is 32.0 Å². The Balaban J connectivity index is 1.85. The molecule has 5 heteroatoms. The van der Waals surface area contributed by atoms with Gasteiger partial charge in [-0.2, -0.15) is 4.98 Å². The SMILES string of the molecule is CC(C)c1nc(=O)oc2c(OCC3CCN(C)CC3)cccc12. The van der Waals surface area contributed by atoms with E-state index >= 15 is 0 Å². The van der Waals surface area contributed by atoms with Crippen LogP contribution in [-0.4, -0.2) is 36.6 Å². The van der Waals surface area contributed by atoms with E-state index in [4.69, 9.17) is 9.15 Å². The first-order valence-corrected chi connectivity index (χ1v) is 8.29. The van der Waals surface area contributed by atoms with E-state index < -0.39 is 5.76 Å². The first kappa shape index (κ1) is 16.0. The van der Waals surface area contributed by atoms with Crippen molar-refractivity contribution in [3.63, 3.8) is 0 Å². The first-order valence-electron chi connectivity index (χ1n) is 8.29. The number of benzene rings is 1. The van der Waals surface area contributed by atoms with Crippen LogP contribution >= 0.6 is 0 Å². The number of hydrogen-bond donors (Lipinski definition) is 0. The number of rotatable bonds is 4. The number of nitrogens with zero attached hydrogens (tertiary/aromatic N) is 2. The molecular weight excluding hydrogens is 292 g/mol. The van der Waals surface area contributed by atoms with Crippen LogP contribution in [-0.2, 0) is 0 Å². The molecule has 3 rings (SSSR count). The van der Waals surface area contributed by atoms with Crippen LogP contribution in [0.2, 0.25) is 0 Å². The van der Waals surface area contributed by atoms with E-state index in [1.165, 1.54) is 0 Å². The van der Waals surface area contributed by atoms with Crippen molar-refractivity contribution in [2.24, 2.45) is 5.92 Å². The Morgan fingerprint density at radius 2 is 2.09 bits per heavy atom. The molecule has 0 atom stereocenters. The van der Waals surface area contributed by atoms with Crippen molar-refractivity contribution in [1.29, 1.82) is 0 Å².